The van der Waals surface area contributed by atoms with Crippen molar-refractivity contribution in [1.82, 2.24) is 14.8 Å². The first kappa shape index (κ1) is 17.9. The van der Waals surface area contributed by atoms with Crippen LogP contribution in [0.15, 0.2) is 35.5 Å². The van der Waals surface area contributed by atoms with E-state index in [1.54, 1.807) is 19.2 Å². The zero-order valence-electron chi connectivity index (χ0n) is 13.4. The van der Waals surface area contributed by atoms with Gasteiger partial charge in [-0.3, -0.25) is 5.43 Å². The van der Waals surface area contributed by atoms with Crippen LogP contribution in [0.1, 0.15) is 5.56 Å². The van der Waals surface area contributed by atoms with E-state index < -0.39 is 10.0 Å². The number of nitrogen functional groups attached to an aromatic ring is 1. The first-order valence-electron chi connectivity index (χ1n) is 7.12. The summed E-state index contributed by atoms with van der Waals surface area (Å²) >= 11 is 0. The fourth-order valence-corrected chi connectivity index (χ4v) is 2.64. The van der Waals surface area contributed by atoms with E-state index in [0.29, 0.717) is 19.0 Å². The number of ether oxygens (including phenoxy) is 1. The van der Waals surface area contributed by atoms with Gasteiger partial charge in [0.2, 0.25) is 0 Å². The van der Waals surface area contributed by atoms with Crippen LogP contribution in [0.2, 0.25) is 0 Å². The number of benzene rings is 1. The molecule has 0 radical (unpaired) electrons. The van der Waals surface area contributed by atoms with Gasteiger partial charge in [-0.05, 0) is 19.1 Å². The molecule has 0 bridgehead atoms. The number of hydrogen-bond acceptors (Lipinski definition) is 8. The number of nitrogens with two attached hydrogens (primary N) is 1. The molecule has 0 saturated carbocycles. The molecule has 0 atom stereocenters. The normalized spacial score (nSPS) is 11.2. The van der Waals surface area contributed by atoms with E-state index >= 15 is 0 Å². The van der Waals surface area contributed by atoms with Crippen molar-refractivity contribution in [2.45, 2.75) is 11.8 Å². The number of nitrogens with zero attached hydrogens (tertiary/aromatic N) is 2. The van der Waals surface area contributed by atoms with Gasteiger partial charge in [0, 0.05) is 13.7 Å². The van der Waals surface area contributed by atoms with Crippen molar-refractivity contribution >= 4 is 27.3 Å². The standard InChI is InChI=1S/C14H20N6O3S/c1-10-3-5-11(6-4-10)24(21,22)20-19-14-12(15)13(17-9-18-14)16-7-8-23-2/h3-6,9,20H,7-8,15H2,1-2H3,(H2,16,17,18,19). The van der Waals surface area contributed by atoms with Gasteiger partial charge < -0.3 is 15.8 Å². The molecule has 1 aromatic heterocycles. The maximum absolute atomic E-state index is 12.2. The summed E-state index contributed by atoms with van der Waals surface area (Å²) in [4.78, 5) is 10.3. The third-order valence-corrected chi connectivity index (χ3v) is 4.38. The number of aromatic nitrogens is 2. The Morgan fingerprint density at radius 3 is 2.50 bits per heavy atom. The number of sulfonamides is 1. The van der Waals surface area contributed by atoms with Crippen LogP contribution in [-0.4, -0.2) is 38.6 Å². The van der Waals surface area contributed by atoms with Crippen molar-refractivity contribution < 1.29 is 13.2 Å². The highest BCUT2D eigenvalue weighted by Gasteiger charge is 2.15. The van der Waals surface area contributed by atoms with E-state index in [4.69, 9.17) is 10.5 Å². The molecule has 0 amide bonds. The number of rotatable bonds is 8. The summed E-state index contributed by atoms with van der Waals surface area (Å²) in [7, 11) is -2.16. The van der Waals surface area contributed by atoms with Gasteiger partial charge >= 0.3 is 0 Å². The molecule has 130 valence electrons. The molecule has 0 unspecified atom stereocenters. The highest BCUT2D eigenvalue weighted by Crippen LogP contribution is 2.21. The highest BCUT2D eigenvalue weighted by atomic mass is 32.2. The van der Waals surface area contributed by atoms with Gasteiger partial charge in [-0.2, -0.15) is 0 Å². The van der Waals surface area contributed by atoms with Crippen molar-refractivity contribution in [3.63, 3.8) is 0 Å². The van der Waals surface area contributed by atoms with E-state index in [2.05, 4.69) is 25.5 Å². The summed E-state index contributed by atoms with van der Waals surface area (Å²) in [5, 5.41) is 2.97. The van der Waals surface area contributed by atoms with Crippen LogP contribution in [0.3, 0.4) is 0 Å². The number of hydrazine groups is 1. The van der Waals surface area contributed by atoms with Crippen LogP contribution >= 0.6 is 0 Å². The van der Waals surface area contributed by atoms with Crippen molar-refractivity contribution in [3.05, 3.63) is 36.2 Å². The van der Waals surface area contributed by atoms with Crippen LogP contribution in [0, 0.1) is 6.92 Å². The Bertz CT molecular complexity index is 780. The third kappa shape index (κ3) is 4.54. The number of aryl methyl sites for hydroxylation is 1. The Hall–Kier alpha value is -2.43. The molecule has 9 nitrogen and oxygen atoms in total. The van der Waals surface area contributed by atoms with Crippen LogP contribution in [0.4, 0.5) is 17.3 Å². The third-order valence-electron chi connectivity index (χ3n) is 3.12. The molecule has 1 aromatic carbocycles. The number of methoxy groups -OCH3 is 1. The van der Waals surface area contributed by atoms with Gasteiger partial charge in [0.1, 0.15) is 12.0 Å². The molecule has 1 heterocycles. The minimum absolute atomic E-state index is 0.131. The monoisotopic (exact) mass is 352 g/mol. The lowest BCUT2D eigenvalue weighted by atomic mass is 10.2. The summed E-state index contributed by atoms with van der Waals surface area (Å²) in [6, 6.07) is 6.46. The zero-order valence-corrected chi connectivity index (χ0v) is 14.2. The molecule has 2 aromatic rings. The van der Waals surface area contributed by atoms with Gasteiger partial charge in [0.05, 0.1) is 11.5 Å². The lowest BCUT2D eigenvalue weighted by Gasteiger charge is -2.13. The molecular weight excluding hydrogens is 332 g/mol. The molecule has 2 rings (SSSR count). The smallest absolute Gasteiger partial charge is 0.257 e. The molecule has 0 spiro atoms. The van der Waals surface area contributed by atoms with Crippen molar-refractivity contribution in [2.75, 3.05) is 36.7 Å². The summed E-state index contributed by atoms with van der Waals surface area (Å²) in [6.07, 6.45) is 1.27. The summed E-state index contributed by atoms with van der Waals surface area (Å²) in [5.41, 5.74) is 9.60. The Morgan fingerprint density at radius 1 is 1.17 bits per heavy atom. The Balaban J connectivity index is 2.08. The second-order valence-electron chi connectivity index (χ2n) is 4.95. The topological polar surface area (TPSA) is 131 Å². The lowest BCUT2D eigenvalue weighted by Crippen LogP contribution is -2.30. The first-order chi connectivity index (χ1) is 11.4. The van der Waals surface area contributed by atoms with Crippen LogP contribution in [0.25, 0.3) is 0 Å². The van der Waals surface area contributed by atoms with Crippen LogP contribution in [-0.2, 0) is 14.8 Å². The quantitative estimate of drug-likeness (QED) is 0.404. The number of anilines is 3. The van der Waals surface area contributed by atoms with Gasteiger partial charge in [-0.25, -0.2) is 18.4 Å². The average molecular weight is 352 g/mol. The molecule has 0 aliphatic heterocycles. The van der Waals surface area contributed by atoms with Gasteiger partial charge in [-0.15, -0.1) is 4.83 Å². The van der Waals surface area contributed by atoms with Crippen LogP contribution in [0.5, 0.6) is 0 Å². The lowest BCUT2D eigenvalue weighted by molar-refractivity contribution is 0.210. The molecule has 0 aliphatic carbocycles. The molecule has 10 heteroatoms. The Labute approximate surface area is 140 Å². The van der Waals surface area contributed by atoms with Gasteiger partial charge in [0.15, 0.2) is 11.6 Å². The zero-order chi connectivity index (χ0) is 17.6. The minimum atomic E-state index is -3.74. The highest BCUT2D eigenvalue weighted by molar-refractivity contribution is 7.89. The Morgan fingerprint density at radius 2 is 1.83 bits per heavy atom. The van der Waals surface area contributed by atoms with Crippen molar-refractivity contribution in [3.8, 4) is 0 Å². The second-order valence-corrected chi connectivity index (χ2v) is 6.63. The van der Waals surface area contributed by atoms with E-state index in [9.17, 15) is 8.42 Å². The van der Waals surface area contributed by atoms with Gasteiger partial charge in [0.25, 0.3) is 10.0 Å². The summed E-state index contributed by atoms with van der Waals surface area (Å²) in [6.45, 7) is 2.86. The molecule has 0 saturated heterocycles. The fraction of sp³-hybridized carbons (Fsp3) is 0.286. The maximum atomic E-state index is 12.2. The second kappa shape index (κ2) is 7.90. The molecule has 0 fully saturated rings. The molecule has 24 heavy (non-hydrogen) atoms. The first-order valence-corrected chi connectivity index (χ1v) is 8.60. The van der Waals surface area contributed by atoms with Gasteiger partial charge in [-0.1, -0.05) is 17.7 Å². The Kier molecular flexibility index (Phi) is 5.90. The average Bonchev–Trinajstić information content (AvgIpc) is 2.56. The predicted molar refractivity (Wildman–Crippen MR) is 91.9 cm³/mol. The van der Waals surface area contributed by atoms with Crippen LogP contribution < -0.4 is 21.3 Å². The van der Waals surface area contributed by atoms with E-state index in [-0.39, 0.29) is 16.4 Å². The largest absolute Gasteiger partial charge is 0.393 e. The molecule has 5 N–H and O–H groups in total. The number of nitrogens with one attached hydrogen (secondary N) is 3. The van der Waals surface area contributed by atoms with E-state index in [1.807, 2.05) is 6.92 Å². The van der Waals surface area contributed by atoms with Crippen molar-refractivity contribution in [2.24, 2.45) is 0 Å². The number of hydrogen-bond donors (Lipinski definition) is 4. The summed E-state index contributed by atoms with van der Waals surface area (Å²) in [5.74, 6) is 0.541. The molecular formula is C14H20N6O3S. The molecule has 0 aliphatic rings. The minimum Gasteiger partial charge on any atom is -0.393 e. The van der Waals surface area contributed by atoms with Crippen molar-refractivity contribution in [1.29, 1.82) is 0 Å². The van der Waals surface area contributed by atoms with E-state index in [1.165, 1.54) is 18.5 Å². The maximum Gasteiger partial charge on any atom is 0.257 e. The van der Waals surface area contributed by atoms with E-state index in [0.717, 1.165) is 5.56 Å². The SMILES string of the molecule is COCCNc1ncnc(NNS(=O)(=O)c2ccc(C)cc2)c1N. The summed E-state index contributed by atoms with van der Waals surface area (Å²) < 4.78 is 29.4. The fourth-order valence-electron chi connectivity index (χ4n) is 1.80. The predicted octanol–water partition coefficient (Wildman–Crippen LogP) is 0.731.